The van der Waals surface area contributed by atoms with Crippen molar-refractivity contribution in [2.75, 3.05) is 5.32 Å². The lowest BCUT2D eigenvalue weighted by Gasteiger charge is -2.34. The molecule has 0 saturated carbocycles. The number of aromatic nitrogens is 1. The van der Waals surface area contributed by atoms with Gasteiger partial charge in [-0.2, -0.15) is 0 Å². The van der Waals surface area contributed by atoms with Crippen LogP contribution in [0.3, 0.4) is 0 Å². The van der Waals surface area contributed by atoms with E-state index in [4.69, 9.17) is 0 Å². The van der Waals surface area contributed by atoms with Crippen molar-refractivity contribution >= 4 is 11.6 Å². The number of hydrogen-bond acceptors (Lipinski definition) is 3. The highest BCUT2D eigenvalue weighted by molar-refractivity contribution is 6.05. The first-order valence-electron chi connectivity index (χ1n) is 7.28. The number of benzene rings is 1. The van der Waals surface area contributed by atoms with Gasteiger partial charge in [-0.25, -0.2) is 0 Å². The van der Waals surface area contributed by atoms with Crippen molar-refractivity contribution in [1.82, 2.24) is 4.98 Å². The number of fused-ring (bicyclic) bond motifs is 2. The molecule has 2 aromatic rings. The second kappa shape index (κ2) is 4.40. The van der Waals surface area contributed by atoms with Crippen LogP contribution in [0.2, 0.25) is 0 Å². The molecule has 2 heterocycles. The van der Waals surface area contributed by atoms with Crippen LogP contribution in [0.4, 0.5) is 5.69 Å². The van der Waals surface area contributed by atoms with Gasteiger partial charge in [-0.15, -0.1) is 0 Å². The first-order valence-corrected chi connectivity index (χ1v) is 7.28. The molecule has 0 saturated heterocycles. The number of rotatable bonds is 1. The molecule has 1 aromatic heterocycles. The minimum atomic E-state index is -1.51. The summed E-state index contributed by atoms with van der Waals surface area (Å²) in [6, 6.07) is 11.3. The predicted molar refractivity (Wildman–Crippen MR) is 78.9 cm³/mol. The summed E-state index contributed by atoms with van der Waals surface area (Å²) >= 11 is 0. The summed E-state index contributed by atoms with van der Waals surface area (Å²) in [5.74, 6) is -0.627. The maximum atomic E-state index is 12.5. The molecule has 1 aromatic carbocycles. The maximum absolute atomic E-state index is 12.5. The van der Waals surface area contributed by atoms with E-state index in [-0.39, 0.29) is 11.8 Å². The van der Waals surface area contributed by atoms with Gasteiger partial charge in [0.25, 0.3) is 5.91 Å². The Balaban J connectivity index is 1.89. The Morgan fingerprint density at radius 2 is 2.10 bits per heavy atom. The Morgan fingerprint density at radius 1 is 1.24 bits per heavy atom. The molecule has 2 unspecified atom stereocenters. The van der Waals surface area contributed by atoms with Gasteiger partial charge in [-0.05, 0) is 37.0 Å². The second-order valence-electron chi connectivity index (χ2n) is 5.76. The molecule has 2 aliphatic rings. The Labute approximate surface area is 122 Å². The predicted octanol–water partition coefficient (Wildman–Crippen LogP) is 2.34. The van der Waals surface area contributed by atoms with Crippen molar-refractivity contribution in [3.05, 3.63) is 59.4 Å². The average molecular weight is 280 g/mol. The SMILES string of the molecule is O=C1Nc2ccccc2C1(O)C1CCCc2cccnc21. The minimum Gasteiger partial charge on any atom is -0.375 e. The largest absolute Gasteiger partial charge is 0.375 e. The van der Waals surface area contributed by atoms with Crippen molar-refractivity contribution in [2.24, 2.45) is 0 Å². The number of carbonyl (C=O) groups is 1. The third-order valence-electron chi connectivity index (χ3n) is 4.63. The molecule has 1 aliphatic heterocycles. The molecule has 0 spiro atoms. The van der Waals surface area contributed by atoms with E-state index >= 15 is 0 Å². The number of hydrogen-bond donors (Lipinski definition) is 2. The fraction of sp³-hybridized carbons (Fsp3) is 0.294. The van der Waals surface area contributed by atoms with Crippen molar-refractivity contribution in [3.63, 3.8) is 0 Å². The molecule has 1 amide bonds. The molecular weight excluding hydrogens is 264 g/mol. The summed E-state index contributed by atoms with van der Waals surface area (Å²) in [4.78, 5) is 16.9. The standard InChI is InChI=1S/C17H16N2O2/c20-16-17(21,12-7-1-2-9-14(12)19-16)13-8-3-5-11-6-4-10-18-15(11)13/h1-2,4,6-7,9-10,13,21H,3,5,8H2,(H,19,20). The monoisotopic (exact) mass is 280 g/mol. The number of nitrogens with one attached hydrogen (secondary N) is 1. The van der Waals surface area contributed by atoms with Gasteiger partial charge in [-0.1, -0.05) is 24.3 Å². The lowest BCUT2D eigenvalue weighted by molar-refractivity contribution is -0.136. The number of pyridine rings is 1. The smallest absolute Gasteiger partial charge is 0.261 e. The normalized spacial score (nSPS) is 26.9. The molecule has 21 heavy (non-hydrogen) atoms. The van der Waals surface area contributed by atoms with E-state index in [9.17, 15) is 9.90 Å². The Hall–Kier alpha value is -2.20. The Morgan fingerprint density at radius 3 is 3.00 bits per heavy atom. The fourth-order valence-electron chi connectivity index (χ4n) is 3.63. The summed E-state index contributed by atoms with van der Waals surface area (Å²) in [6.07, 6.45) is 4.42. The summed E-state index contributed by atoms with van der Waals surface area (Å²) in [5, 5.41) is 14.0. The van der Waals surface area contributed by atoms with E-state index in [1.165, 1.54) is 0 Å². The highest BCUT2D eigenvalue weighted by Crippen LogP contribution is 2.49. The van der Waals surface area contributed by atoms with Gasteiger partial charge in [0.05, 0.1) is 5.69 Å². The van der Waals surface area contributed by atoms with Crippen LogP contribution in [0.25, 0.3) is 0 Å². The average Bonchev–Trinajstić information content (AvgIpc) is 2.79. The topological polar surface area (TPSA) is 62.2 Å². The van der Waals surface area contributed by atoms with Crippen molar-refractivity contribution in [1.29, 1.82) is 0 Å². The quantitative estimate of drug-likeness (QED) is 0.843. The number of carbonyl (C=O) groups excluding carboxylic acids is 1. The molecule has 4 nitrogen and oxygen atoms in total. The van der Waals surface area contributed by atoms with Crippen LogP contribution in [0, 0.1) is 0 Å². The van der Waals surface area contributed by atoms with Gasteiger partial charge in [0, 0.05) is 23.4 Å². The van der Waals surface area contributed by atoms with Crippen LogP contribution >= 0.6 is 0 Å². The molecular formula is C17H16N2O2. The molecule has 106 valence electrons. The first-order chi connectivity index (χ1) is 10.2. The van der Waals surface area contributed by atoms with Crippen molar-refractivity contribution in [2.45, 2.75) is 30.8 Å². The number of anilines is 1. The highest BCUT2D eigenvalue weighted by atomic mass is 16.3. The van der Waals surface area contributed by atoms with Gasteiger partial charge < -0.3 is 10.4 Å². The van der Waals surface area contributed by atoms with Crippen molar-refractivity contribution in [3.8, 4) is 0 Å². The second-order valence-corrected chi connectivity index (χ2v) is 5.76. The van der Waals surface area contributed by atoms with Gasteiger partial charge in [-0.3, -0.25) is 9.78 Å². The number of aliphatic hydroxyl groups is 1. The fourth-order valence-corrected chi connectivity index (χ4v) is 3.63. The van der Waals surface area contributed by atoms with Gasteiger partial charge in [0.15, 0.2) is 5.60 Å². The molecule has 0 radical (unpaired) electrons. The summed E-state index contributed by atoms with van der Waals surface area (Å²) in [7, 11) is 0. The number of nitrogens with zero attached hydrogens (tertiary/aromatic N) is 1. The molecule has 2 N–H and O–H groups in total. The third kappa shape index (κ3) is 1.66. The van der Waals surface area contributed by atoms with E-state index < -0.39 is 5.60 Å². The summed E-state index contributed by atoms with van der Waals surface area (Å²) in [5.41, 5.74) is 1.85. The van der Waals surface area contributed by atoms with Crippen LogP contribution < -0.4 is 5.32 Å². The zero-order valence-corrected chi connectivity index (χ0v) is 11.5. The van der Waals surface area contributed by atoms with Crippen LogP contribution in [0.15, 0.2) is 42.6 Å². The van der Waals surface area contributed by atoms with Crippen LogP contribution in [0.1, 0.15) is 35.6 Å². The van der Waals surface area contributed by atoms with Gasteiger partial charge >= 0.3 is 0 Å². The lowest BCUT2D eigenvalue weighted by Crippen LogP contribution is -2.42. The van der Waals surface area contributed by atoms with Gasteiger partial charge in [0.2, 0.25) is 0 Å². The minimum absolute atomic E-state index is 0.286. The Bertz CT molecular complexity index is 728. The molecule has 4 heteroatoms. The van der Waals surface area contributed by atoms with E-state index in [0.29, 0.717) is 11.3 Å². The molecule has 2 atom stereocenters. The molecule has 0 fully saturated rings. The number of aryl methyl sites for hydroxylation is 1. The maximum Gasteiger partial charge on any atom is 0.261 e. The first kappa shape index (κ1) is 12.5. The molecule has 1 aliphatic carbocycles. The lowest BCUT2D eigenvalue weighted by atomic mass is 9.73. The number of para-hydroxylation sites is 1. The Kier molecular flexibility index (Phi) is 2.62. The zero-order chi connectivity index (χ0) is 14.4. The van der Waals surface area contributed by atoms with E-state index in [1.54, 1.807) is 6.20 Å². The van der Waals surface area contributed by atoms with E-state index in [2.05, 4.69) is 10.3 Å². The van der Waals surface area contributed by atoms with Crippen LogP contribution in [0.5, 0.6) is 0 Å². The van der Waals surface area contributed by atoms with Crippen LogP contribution in [-0.4, -0.2) is 16.0 Å². The summed E-state index contributed by atoms with van der Waals surface area (Å²) < 4.78 is 0. The van der Waals surface area contributed by atoms with Gasteiger partial charge in [0.1, 0.15) is 0 Å². The highest BCUT2D eigenvalue weighted by Gasteiger charge is 2.52. The van der Waals surface area contributed by atoms with Crippen molar-refractivity contribution < 1.29 is 9.90 Å². The molecule has 4 rings (SSSR count). The zero-order valence-electron chi connectivity index (χ0n) is 11.5. The summed E-state index contributed by atoms with van der Waals surface area (Å²) in [6.45, 7) is 0. The van der Waals surface area contributed by atoms with E-state index in [1.807, 2.05) is 36.4 Å². The third-order valence-corrected chi connectivity index (χ3v) is 4.63. The molecule has 0 bridgehead atoms. The van der Waals surface area contributed by atoms with Crippen LogP contribution in [-0.2, 0) is 16.8 Å². The number of amides is 1. The van der Waals surface area contributed by atoms with E-state index in [0.717, 1.165) is 30.5 Å².